The fourth-order valence-electron chi connectivity index (χ4n) is 2.32. The number of primary amides is 1. The Balaban J connectivity index is 2.09. The van der Waals surface area contributed by atoms with Crippen LogP contribution < -0.4 is 10.5 Å². The normalized spacial score (nSPS) is 20.0. The van der Waals surface area contributed by atoms with E-state index >= 15 is 0 Å². The topological polar surface area (TPSA) is 55.6 Å². The van der Waals surface area contributed by atoms with Crippen LogP contribution in [0.1, 0.15) is 12.0 Å². The maximum absolute atomic E-state index is 11.1. The Morgan fingerprint density at radius 3 is 3.00 bits per heavy atom. The molecule has 5 heteroatoms. The number of nitrogens with zero attached hydrogens (tertiary/aromatic N) is 1. The molecule has 1 saturated heterocycles. The molecule has 1 heterocycles. The fourth-order valence-corrected chi connectivity index (χ4v) is 2.54. The molecule has 1 amide bonds. The number of carbonyl (C=O) groups is 1. The lowest BCUT2D eigenvalue weighted by Gasteiger charge is -2.18. The molecular weight excluding hydrogens is 252 g/mol. The molecule has 18 heavy (non-hydrogen) atoms. The van der Waals surface area contributed by atoms with E-state index in [-0.39, 0.29) is 11.8 Å². The van der Waals surface area contributed by atoms with Gasteiger partial charge in [0.2, 0.25) is 5.91 Å². The number of methoxy groups -OCH3 is 1. The molecule has 1 aliphatic heterocycles. The summed E-state index contributed by atoms with van der Waals surface area (Å²) < 4.78 is 5.31. The molecule has 98 valence electrons. The Labute approximate surface area is 112 Å². The summed E-state index contributed by atoms with van der Waals surface area (Å²) in [4.78, 5) is 13.3. The first-order chi connectivity index (χ1) is 8.61. The number of carbonyl (C=O) groups excluding carboxylic acids is 1. The largest absolute Gasteiger partial charge is 0.496 e. The van der Waals surface area contributed by atoms with E-state index in [0.29, 0.717) is 18.1 Å². The van der Waals surface area contributed by atoms with Gasteiger partial charge in [-0.15, -0.1) is 0 Å². The number of hydrogen-bond donors (Lipinski definition) is 1. The highest BCUT2D eigenvalue weighted by Crippen LogP contribution is 2.29. The lowest BCUT2D eigenvalue weighted by Crippen LogP contribution is -2.27. The molecule has 0 spiro atoms. The van der Waals surface area contributed by atoms with Crippen LogP contribution in [0.15, 0.2) is 18.2 Å². The smallest absolute Gasteiger partial charge is 0.221 e. The molecule has 4 nitrogen and oxygen atoms in total. The van der Waals surface area contributed by atoms with Crippen molar-refractivity contribution in [1.29, 1.82) is 0 Å². The van der Waals surface area contributed by atoms with Crippen LogP contribution in [0.3, 0.4) is 0 Å². The minimum absolute atomic E-state index is 0.0431. The van der Waals surface area contributed by atoms with Gasteiger partial charge in [-0.1, -0.05) is 17.7 Å². The highest BCUT2D eigenvalue weighted by Gasteiger charge is 2.27. The average Bonchev–Trinajstić information content (AvgIpc) is 2.80. The first-order valence-corrected chi connectivity index (χ1v) is 6.32. The first kappa shape index (κ1) is 13.2. The Morgan fingerprint density at radius 2 is 2.39 bits per heavy atom. The molecule has 0 radical (unpaired) electrons. The van der Waals surface area contributed by atoms with Gasteiger partial charge >= 0.3 is 0 Å². The third-order valence-corrected chi connectivity index (χ3v) is 3.71. The number of nitrogens with two attached hydrogens (primary N) is 1. The van der Waals surface area contributed by atoms with E-state index in [9.17, 15) is 4.79 Å². The SMILES string of the molecule is COc1cccc(Cl)c1CN1CCC(C(N)=O)C1. The average molecular weight is 269 g/mol. The number of benzene rings is 1. The van der Waals surface area contributed by atoms with Crippen molar-refractivity contribution in [3.63, 3.8) is 0 Å². The van der Waals surface area contributed by atoms with Gasteiger partial charge in [-0.25, -0.2) is 0 Å². The van der Waals surface area contributed by atoms with E-state index < -0.39 is 0 Å². The molecule has 2 rings (SSSR count). The Hall–Kier alpha value is -1.26. The summed E-state index contributed by atoms with van der Waals surface area (Å²) in [5.74, 6) is 0.520. The summed E-state index contributed by atoms with van der Waals surface area (Å²) >= 11 is 6.19. The summed E-state index contributed by atoms with van der Waals surface area (Å²) in [7, 11) is 1.63. The van der Waals surface area contributed by atoms with Gasteiger partial charge in [0.05, 0.1) is 13.0 Å². The van der Waals surface area contributed by atoms with E-state index in [2.05, 4.69) is 4.90 Å². The monoisotopic (exact) mass is 268 g/mol. The number of ether oxygens (including phenoxy) is 1. The van der Waals surface area contributed by atoms with Crippen LogP contribution in [-0.4, -0.2) is 31.0 Å². The number of halogens is 1. The van der Waals surface area contributed by atoms with Gasteiger partial charge in [0.15, 0.2) is 0 Å². The Morgan fingerprint density at radius 1 is 1.61 bits per heavy atom. The lowest BCUT2D eigenvalue weighted by molar-refractivity contribution is -0.121. The van der Waals surface area contributed by atoms with Crippen molar-refractivity contribution >= 4 is 17.5 Å². The van der Waals surface area contributed by atoms with E-state index in [1.165, 1.54) is 0 Å². The molecule has 0 aromatic heterocycles. The van der Waals surface area contributed by atoms with Crippen molar-refractivity contribution in [2.45, 2.75) is 13.0 Å². The quantitative estimate of drug-likeness (QED) is 0.904. The summed E-state index contributed by atoms with van der Waals surface area (Å²) in [5, 5.41) is 0.692. The number of hydrogen-bond acceptors (Lipinski definition) is 3. The molecule has 0 saturated carbocycles. The molecule has 1 aromatic carbocycles. The second-order valence-corrected chi connectivity index (χ2v) is 4.95. The van der Waals surface area contributed by atoms with Crippen LogP contribution in [0.4, 0.5) is 0 Å². The van der Waals surface area contributed by atoms with Crippen LogP contribution in [-0.2, 0) is 11.3 Å². The minimum Gasteiger partial charge on any atom is -0.496 e. The lowest BCUT2D eigenvalue weighted by atomic mass is 10.1. The first-order valence-electron chi connectivity index (χ1n) is 5.95. The number of rotatable bonds is 4. The van der Waals surface area contributed by atoms with E-state index in [1.807, 2.05) is 18.2 Å². The van der Waals surface area contributed by atoms with E-state index in [1.54, 1.807) is 7.11 Å². The molecule has 1 aromatic rings. The predicted octanol–water partition coefficient (Wildman–Crippen LogP) is 1.66. The van der Waals surface area contributed by atoms with Gasteiger partial charge < -0.3 is 10.5 Å². The third kappa shape index (κ3) is 2.76. The molecule has 0 bridgehead atoms. The second-order valence-electron chi connectivity index (χ2n) is 4.54. The van der Waals surface area contributed by atoms with Crippen LogP contribution in [0, 0.1) is 5.92 Å². The van der Waals surface area contributed by atoms with Gasteiger partial charge in [0.1, 0.15) is 5.75 Å². The van der Waals surface area contributed by atoms with E-state index in [0.717, 1.165) is 24.3 Å². The highest BCUT2D eigenvalue weighted by atomic mass is 35.5. The van der Waals surface area contributed by atoms with Crippen LogP contribution in [0.25, 0.3) is 0 Å². The molecule has 2 N–H and O–H groups in total. The van der Waals surface area contributed by atoms with Crippen LogP contribution in [0.5, 0.6) is 5.75 Å². The Bertz CT molecular complexity index is 451. The van der Waals surface area contributed by atoms with Gasteiger partial charge in [-0.05, 0) is 25.1 Å². The third-order valence-electron chi connectivity index (χ3n) is 3.35. The molecule has 1 atom stereocenters. The zero-order valence-electron chi connectivity index (χ0n) is 10.4. The predicted molar refractivity (Wildman–Crippen MR) is 70.6 cm³/mol. The van der Waals surface area contributed by atoms with Crippen molar-refractivity contribution in [1.82, 2.24) is 4.90 Å². The van der Waals surface area contributed by atoms with Crippen molar-refractivity contribution in [3.05, 3.63) is 28.8 Å². The van der Waals surface area contributed by atoms with Crippen molar-refractivity contribution in [3.8, 4) is 5.75 Å². The zero-order valence-corrected chi connectivity index (χ0v) is 11.1. The summed E-state index contributed by atoms with van der Waals surface area (Å²) in [5.41, 5.74) is 6.29. The van der Waals surface area contributed by atoms with Crippen LogP contribution in [0.2, 0.25) is 5.02 Å². The highest BCUT2D eigenvalue weighted by molar-refractivity contribution is 6.31. The van der Waals surface area contributed by atoms with Crippen molar-refractivity contribution < 1.29 is 9.53 Å². The molecule has 0 aliphatic carbocycles. The molecule has 1 unspecified atom stereocenters. The Kier molecular flexibility index (Phi) is 4.09. The fraction of sp³-hybridized carbons (Fsp3) is 0.462. The van der Waals surface area contributed by atoms with Crippen LogP contribution >= 0.6 is 11.6 Å². The van der Waals surface area contributed by atoms with Gasteiger partial charge in [-0.2, -0.15) is 0 Å². The number of amides is 1. The second kappa shape index (κ2) is 5.59. The summed E-state index contributed by atoms with van der Waals surface area (Å²) in [6.07, 6.45) is 0.822. The van der Waals surface area contributed by atoms with Crippen molar-refractivity contribution in [2.24, 2.45) is 11.7 Å². The maximum atomic E-state index is 11.1. The molecule has 1 aliphatic rings. The van der Waals surface area contributed by atoms with Gasteiger partial charge in [-0.3, -0.25) is 9.69 Å². The summed E-state index contributed by atoms with van der Waals surface area (Å²) in [6, 6.07) is 5.60. The minimum atomic E-state index is -0.219. The molecule has 1 fully saturated rings. The van der Waals surface area contributed by atoms with Gasteiger partial charge in [0, 0.05) is 23.7 Å². The maximum Gasteiger partial charge on any atom is 0.221 e. The van der Waals surface area contributed by atoms with Gasteiger partial charge in [0.25, 0.3) is 0 Å². The van der Waals surface area contributed by atoms with E-state index in [4.69, 9.17) is 22.1 Å². The summed E-state index contributed by atoms with van der Waals surface area (Å²) in [6.45, 7) is 2.25. The zero-order chi connectivity index (χ0) is 13.1. The molecular formula is C13H17ClN2O2. The van der Waals surface area contributed by atoms with Crippen molar-refractivity contribution in [2.75, 3.05) is 20.2 Å². The standard InChI is InChI=1S/C13H17ClN2O2/c1-18-12-4-2-3-11(14)10(12)8-16-6-5-9(7-16)13(15)17/h2-4,9H,5-8H2,1H3,(H2,15,17). The number of likely N-dealkylation sites (tertiary alicyclic amines) is 1.